The first-order valence-electron chi connectivity index (χ1n) is 3.77. The Kier molecular flexibility index (Phi) is 2.46. The fraction of sp³-hybridized carbons (Fsp3) is 0.857. The van der Waals surface area contributed by atoms with Gasteiger partial charge in [-0.2, -0.15) is 0 Å². The molecule has 0 bridgehead atoms. The zero-order valence-electron chi connectivity index (χ0n) is 6.23. The van der Waals surface area contributed by atoms with E-state index in [-0.39, 0.29) is 12.0 Å². The molecule has 0 aliphatic heterocycles. The number of aliphatic hydroxyl groups excluding tert-OH is 1. The van der Waals surface area contributed by atoms with Gasteiger partial charge in [-0.05, 0) is 25.2 Å². The largest absolute Gasteiger partial charge is 0.480 e. The zero-order chi connectivity index (χ0) is 8.43. The van der Waals surface area contributed by atoms with Crippen LogP contribution in [0.2, 0.25) is 0 Å². The Labute approximate surface area is 65.0 Å². The number of nitrogens with two attached hydrogens (primary N) is 1. The van der Waals surface area contributed by atoms with Gasteiger partial charge in [0.15, 0.2) is 0 Å². The van der Waals surface area contributed by atoms with Gasteiger partial charge in [0.1, 0.15) is 6.04 Å². The number of hydrogen-bond donors (Lipinski definition) is 3. The topological polar surface area (TPSA) is 83.6 Å². The van der Waals surface area contributed by atoms with E-state index in [2.05, 4.69) is 0 Å². The summed E-state index contributed by atoms with van der Waals surface area (Å²) < 4.78 is 0. The summed E-state index contributed by atoms with van der Waals surface area (Å²) in [4.78, 5) is 10.4. The highest BCUT2D eigenvalue weighted by Crippen LogP contribution is 2.27. The van der Waals surface area contributed by atoms with Gasteiger partial charge in [-0.1, -0.05) is 0 Å². The quantitative estimate of drug-likeness (QED) is 0.510. The van der Waals surface area contributed by atoms with Crippen LogP contribution >= 0.6 is 0 Å². The monoisotopic (exact) mass is 159 g/mol. The average molecular weight is 159 g/mol. The Morgan fingerprint density at radius 2 is 2.18 bits per heavy atom. The van der Waals surface area contributed by atoms with E-state index in [0.717, 1.165) is 6.42 Å². The number of rotatable bonds is 2. The molecule has 0 heterocycles. The Morgan fingerprint density at radius 3 is 2.55 bits per heavy atom. The maximum atomic E-state index is 10.4. The maximum Gasteiger partial charge on any atom is 0.320 e. The van der Waals surface area contributed by atoms with E-state index in [1.165, 1.54) is 0 Å². The fourth-order valence-electron chi connectivity index (χ4n) is 1.52. The van der Waals surface area contributed by atoms with Crippen LogP contribution < -0.4 is 5.73 Å². The summed E-state index contributed by atoms with van der Waals surface area (Å²) in [5, 5.41) is 17.6. The van der Waals surface area contributed by atoms with E-state index < -0.39 is 12.0 Å². The van der Waals surface area contributed by atoms with E-state index in [1.54, 1.807) is 0 Å². The Balaban J connectivity index is 2.43. The van der Waals surface area contributed by atoms with Crippen LogP contribution in [0.5, 0.6) is 0 Å². The lowest BCUT2D eigenvalue weighted by Gasteiger charge is -2.13. The molecule has 1 saturated carbocycles. The van der Waals surface area contributed by atoms with Crippen molar-refractivity contribution in [3.63, 3.8) is 0 Å². The van der Waals surface area contributed by atoms with E-state index in [9.17, 15) is 4.79 Å². The SMILES string of the molecule is NC(C(=O)O)C1CCC(O)C1. The molecule has 0 aromatic carbocycles. The summed E-state index contributed by atoms with van der Waals surface area (Å²) in [6.45, 7) is 0. The molecule has 1 rings (SSSR count). The van der Waals surface area contributed by atoms with Crippen molar-refractivity contribution in [1.82, 2.24) is 0 Å². The van der Waals surface area contributed by atoms with Gasteiger partial charge in [0.2, 0.25) is 0 Å². The molecule has 11 heavy (non-hydrogen) atoms. The first-order valence-corrected chi connectivity index (χ1v) is 3.77. The van der Waals surface area contributed by atoms with E-state index in [0.29, 0.717) is 12.8 Å². The molecule has 0 radical (unpaired) electrons. The normalized spacial score (nSPS) is 33.6. The molecule has 4 nitrogen and oxygen atoms in total. The molecule has 3 unspecified atom stereocenters. The van der Waals surface area contributed by atoms with Crippen molar-refractivity contribution >= 4 is 5.97 Å². The summed E-state index contributed by atoms with van der Waals surface area (Å²) in [7, 11) is 0. The van der Waals surface area contributed by atoms with Crippen molar-refractivity contribution in [2.75, 3.05) is 0 Å². The van der Waals surface area contributed by atoms with Gasteiger partial charge in [0.05, 0.1) is 6.10 Å². The number of carboxylic acids is 1. The molecular formula is C7H13NO3. The van der Waals surface area contributed by atoms with Gasteiger partial charge in [-0.25, -0.2) is 0 Å². The van der Waals surface area contributed by atoms with Gasteiger partial charge >= 0.3 is 5.97 Å². The van der Waals surface area contributed by atoms with E-state index in [1.807, 2.05) is 0 Å². The van der Waals surface area contributed by atoms with Crippen molar-refractivity contribution in [3.05, 3.63) is 0 Å². The third kappa shape index (κ3) is 1.91. The van der Waals surface area contributed by atoms with Gasteiger partial charge in [-0.15, -0.1) is 0 Å². The third-order valence-corrected chi connectivity index (χ3v) is 2.24. The highest BCUT2D eigenvalue weighted by Gasteiger charge is 2.31. The molecule has 0 aromatic heterocycles. The second kappa shape index (κ2) is 3.19. The molecule has 1 fully saturated rings. The molecule has 4 heteroatoms. The summed E-state index contributed by atoms with van der Waals surface area (Å²) in [6.07, 6.45) is 1.61. The van der Waals surface area contributed by atoms with Crippen LogP contribution in [-0.2, 0) is 4.79 Å². The molecule has 0 aromatic rings. The Morgan fingerprint density at radius 1 is 1.55 bits per heavy atom. The maximum absolute atomic E-state index is 10.4. The van der Waals surface area contributed by atoms with Crippen LogP contribution in [0, 0.1) is 5.92 Å². The predicted molar refractivity (Wildman–Crippen MR) is 39.0 cm³/mol. The second-order valence-electron chi connectivity index (χ2n) is 3.09. The van der Waals surface area contributed by atoms with Crippen molar-refractivity contribution in [2.24, 2.45) is 11.7 Å². The highest BCUT2D eigenvalue weighted by molar-refractivity contribution is 5.73. The standard InChI is InChI=1S/C7H13NO3/c8-6(7(10)11)4-1-2-5(9)3-4/h4-6,9H,1-3,8H2,(H,10,11). The first-order chi connectivity index (χ1) is 5.11. The molecule has 4 N–H and O–H groups in total. The molecule has 0 saturated heterocycles. The predicted octanol–water partition coefficient (Wildman–Crippen LogP) is -0.441. The van der Waals surface area contributed by atoms with Gasteiger partial charge in [0, 0.05) is 0 Å². The minimum Gasteiger partial charge on any atom is -0.480 e. The smallest absolute Gasteiger partial charge is 0.320 e. The molecule has 1 aliphatic carbocycles. The van der Waals surface area contributed by atoms with Crippen LogP contribution in [0.1, 0.15) is 19.3 Å². The number of carboxylic acid groups (broad SMARTS) is 1. The average Bonchev–Trinajstić information content (AvgIpc) is 2.34. The lowest BCUT2D eigenvalue weighted by molar-refractivity contribution is -0.139. The van der Waals surface area contributed by atoms with Crippen LogP contribution in [0.4, 0.5) is 0 Å². The van der Waals surface area contributed by atoms with E-state index >= 15 is 0 Å². The number of hydrogen-bond acceptors (Lipinski definition) is 3. The van der Waals surface area contributed by atoms with Crippen molar-refractivity contribution in [1.29, 1.82) is 0 Å². The molecule has 3 atom stereocenters. The van der Waals surface area contributed by atoms with E-state index in [4.69, 9.17) is 15.9 Å². The van der Waals surface area contributed by atoms with Crippen molar-refractivity contribution in [3.8, 4) is 0 Å². The van der Waals surface area contributed by atoms with Gasteiger partial charge in [-0.3, -0.25) is 4.79 Å². The van der Waals surface area contributed by atoms with Crippen molar-refractivity contribution in [2.45, 2.75) is 31.4 Å². The van der Waals surface area contributed by atoms with Crippen molar-refractivity contribution < 1.29 is 15.0 Å². The third-order valence-electron chi connectivity index (χ3n) is 2.24. The first kappa shape index (κ1) is 8.49. The summed E-state index contributed by atoms with van der Waals surface area (Å²) >= 11 is 0. The zero-order valence-corrected chi connectivity index (χ0v) is 6.23. The molecular weight excluding hydrogens is 146 g/mol. The molecule has 64 valence electrons. The Hall–Kier alpha value is -0.610. The molecule has 0 amide bonds. The summed E-state index contributed by atoms with van der Waals surface area (Å²) in [6, 6.07) is -0.799. The van der Waals surface area contributed by atoms with Gasteiger partial charge < -0.3 is 15.9 Å². The molecule has 0 spiro atoms. The fourth-order valence-corrected chi connectivity index (χ4v) is 1.52. The summed E-state index contributed by atoms with van der Waals surface area (Å²) in [5.74, 6) is -1.01. The number of aliphatic hydroxyl groups is 1. The lowest BCUT2D eigenvalue weighted by atomic mass is 9.99. The minimum absolute atomic E-state index is 0.0394. The number of carbonyl (C=O) groups is 1. The van der Waals surface area contributed by atoms with Crippen LogP contribution in [0.25, 0.3) is 0 Å². The van der Waals surface area contributed by atoms with Crippen LogP contribution in [0.15, 0.2) is 0 Å². The van der Waals surface area contributed by atoms with Crippen LogP contribution in [0.3, 0.4) is 0 Å². The number of aliphatic carboxylic acids is 1. The second-order valence-corrected chi connectivity index (χ2v) is 3.09. The highest BCUT2D eigenvalue weighted by atomic mass is 16.4. The minimum atomic E-state index is -0.968. The molecule has 1 aliphatic rings. The Bertz CT molecular complexity index is 160. The lowest BCUT2D eigenvalue weighted by Crippen LogP contribution is -2.37. The summed E-state index contributed by atoms with van der Waals surface area (Å²) in [5.41, 5.74) is 5.37. The van der Waals surface area contributed by atoms with Gasteiger partial charge in [0.25, 0.3) is 0 Å². The van der Waals surface area contributed by atoms with Crippen LogP contribution in [-0.4, -0.2) is 28.3 Å².